The molecule has 0 atom stereocenters. The third-order valence-electron chi connectivity index (χ3n) is 3.60. The first kappa shape index (κ1) is 13.1. The molecule has 18 heavy (non-hydrogen) atoms. The van der Waals surface area contributed by atoms with Gasteiger partial charge in [0, 0.05) is 18.2 Å². The number of carbonyl (C=O) groups excluding carboxylic acids is 1. The summed E-state index contributed by atoms with van der Waals surface area (Å²) < 4.78 is 0. The zero-order valence-electron chi connectivity index (χ0n) is 10.9. The second-order valence-electron chi connectivity index (χ2n) is 4.96. The predicted octanol–water partition coefficient (Wildman–Crippen LogP) is 0.969. The standard InChI is InChI=1S/C14H21N3O/c1-17(13-6-8-16-9-7-13)10-11-2-4-12(5-3-11)14(15)18/h2-5,13,16H,6-10H2,1H3,(H2,15,18). The number of nitrogens with zero attached hydrogens (tertiary/aromatic N) is 1. The maximum Gasteiger partial charge on any atom is 0.248 e. The van der Waals surface area contributed by atoms with E-state index in [2.05, 4.69) is 17.3 Å². The Balaban J connectivity index is 1.93. The van der Waals surface area contributed by atoms with Gasteiger partial charge in [0.2, 0.25) is 5.91 Å². The Labute approximate surface area is 108 Å². The van der Waals surface area contributed by atoms with E-state index in [0.29, 0.717) is 11.6 Å². The molecule has 1 fully saturated rings. The smallest absolute Gasteiger partial charge is 0.248 e. The van der Waals surface area contributed by atoms with Crippen LogP contribution in [0.5, 0.6) is 0 Å². The summed E-state index contributed by atoms with van der Waals surface area (Å²) in [6, 6.07) is 8.22. The fraction of sp³-hybridized carbons (Fsp3) is 0.500. The molecule has 1 aliphatic heterocycles. The number of rotatable bonds is 4. The van der Waals surface area contributed by atoms with Gasteiger partial charge in [-0.05, 0) is 50.7 Å². The largest absolute Gasteiger partial charge is 0.366 e. The molecule has 3 N–H and O–H groups in total. The Bertz CT molecular complexity index is 396. The molecule has 0 spiro atoms. The third kappa shape index (κ3) is 3.31. The molecule has 4 nitrogen and oxygen atoms in total. The fourth-order valence-electron chi connectivity index (χ4n) is 2.44. The molecule has 0 radical (unpaired) electrons. The van der Waals surface area contributed by atoms with Gasteiger partial charge in [-0.3, -0.25) is 9.69 Å². The van der Waals surface area contributed by atoms with Crippen molar-refractivity contribution in [2.24, 2.45) is 5.73 Å². The van der Waals surface area contributed by atoms with Crippen LogP contribution < -0.4 is 11.1 Å². The maximum absolute atomic E-state index is 11.0. The van der Waals surface area contributed by atoms with Gasteiger partial charge in [0.15, 0.2) is 0 Å². The van der Waals surface area contributed by atoms with Gasteiger partial charge >= 0.3 is 0 Å². The summed E-state index contributed by atoms with van der Waals surface area (Å²) in [5.41, 5.74) is 7.02. The molecule has 1 aromatic carbocycles. The highest BCUT2D eigenvalue weighted by Crippen LogP contribution is 2.14. The highest BCUT2D eigenvalue weighted by atomic mass is 16.1. The number of hydrogen-bond acceptors (Lipinski definition) is 3. The lowest BCUT2D eigenvalue weighted by molar-refractivity contribution is 0.100. The maximum atomic E-state index is 11.0. The average molecular weight is 247 g/mol. The van der Waals surface area contributed by atoms with Crippen molar-refractivity contribution in [3.8, 4) is 0 Å². The first-order valence-electron chi connectivity index (χ1n) is 6.46. The Morgan fingerprint density at radius 2 is 1.94 bits per heavy atom. The lowest BCUT2D eigenvalue weighted by Gasteiger charge is -2.31. The van der Waals surface area contributed by atoms with Crippen molar-refractivity contribution < 1.29 is 4.79 Å². The van der Waals surface area contributed by atoms with E-state index in [1.165, 1.54) is 18.4 Å². The molecule has 0 unspecified atom stereocenters. The third-order valence-corrected chi connectivity index (χ3v) is 3.60. The SMILES string of the molecule is CN(Cc1ccc(C(N)=O)cc1)C1CCNCC1. The second kappa shape index (κ2) is 5.98. The predicted molar refractivity (Wildman–Crippen MR) is 72.3 cm³/mol. The Kier molecular flexibility index (Phi) is 4.33. The van der Waals surface area contributed by atoms with Crippen LogP contribution in [0.4, 0.5) is 0 Å². The van der Waals surface area contributed by atoms with Crippen LogP contribution in [0.3, 0.4) is 0 Å². The molecule has 0 aromatic heterocycles. The number of primary amides is 1. The van der Waals surface area contributed by atoms with Gasteiger partial charge in [-0.15, -0.1) is 0 Å². The van der Waals surface area contributed by atoms with Gasteiger partial charge < -0.3 is 11.1 Å². The van der Waals surface area contributed by atoms with Crippen LogP contribution in [0.1, 0.15) is 28.8 Å². The molecule has 98 valence electrons. The number of amides is 1. The van der Waals surface area contributed by atoms with Crippen molar-refractivity contribution in [2.75, 3.05) is 20.1 Å². The van der Waals surface area contributed by atoms with E-state index in [-0.39, 0.29) is 5.91 Å². The molecule has 1 aliphatic rings. The van der Waals surface area contributed by atoms with Gasteiger partial charge in [-0.25, -0.2) is 0 Å². The van der Waals surface area contributed by atoms with Crippen LogP contribution >= 0.6 is 0 Å². The average Bonchev–Trinajstić information content (AvgIpc) is 2.40. The Hall–Kier alpha value is -1.39. The van der Waals surface area contributed by atoms with E-state index in [1.807, 2.05) is 12.1 Å². The topological polar surface area (TPSA) is 58.4 Å². The highest BCUT2D eigenvalue weighted by Gasteiger charge is 2.17. The van der Waals surface area contributed by atoms with Gasteiger partial charge in [0.1, 0.15) is 0 Å². The molecule has 1 saturated heterocycles. The lowest BCUT2D eigenvalue weighted by Crippen LogP contribution is -2.40. The van der Waals surface area contributed by atoms with Crippen LogP contribution in [0.25, 0.3) is 0 Å². The number of benzene rings is 1. The van der Waals surface area contributed by atoms with E-state index >= 15 is 0 Å². The molecule has 1 aromatic rings. The molecular formula is C14H21N3O. The molecule has 1 heterocycles. The van der Waals surface area contributed by atoms with Gasteiger partial charge in [-0.1, -0.05) is 12.1 Å². The number of nitrogens with two attached hydrogens (primary N) is 1. The molecule has 0 aliphatic carbocycles. The highest BCUT2D eigenvalue weighted by molar-refractivity contribution is 5.92. The molecule has 1 amide bonds. The van der Waals surface area contributed by atoms with Crippen molar-refractivity contribution in [2.45, 2.75) is 25.4 Å². The minimum atomic E-state index is -0.367. The minimum absolute atomic E-state index is 0.367. The van der Waals surface area contributed by atoms with Crippen LogP contribution in [-0.4, -0.2) is 37.0 Å². The quantitative estimate of drug-likeness (QED) is 0.833. The number of nitrogens with one attached hydrogen (secondary N) is 1. The zero-order chi connectivity index (χ0) is 13.0. The van der Waals surface area contributed by atoms with E-state index in [4.69, 9.17) is 5.73 Å². The van der Waals surface area contributed by atoms with Crippen LogP contribution in [-0.2, 0) is 6.54 Å². The normalized spacial score (nSPS) is 17.0. The monoisotopic (exact) mass is 247 g/mol. The van der Waals surface area contributed by atoms with Crippen LogP contribution in [0.2, 0.25) is 0 Å². The molecule has 0 bridgehead atoms. The Morgan fingerprint density at radius 3 is 2.50 bits per heavy atom. The summed E-state index contributed by atoms with van der Waals surface area (Å²) in [5.74, 6) is -0.367. The first-order chi connectivity index (χ1) is 8.66. The van der Waals surface area contributed by atoms with E-state index in [0.717, 1.165) is 19.6 Å². The van der Waals surface area contributed by atoms with Crippen molar-refractivity contribution >= 4 is 5.91 Å². The van der Waals surface area contributed by atoms with Gasteiger partial charge in [0.25, 0.3) is 0 Å². The van der Waals surface area contributed by atoms with E-state index in [9.17, 15) is 4.79 Å². The second-order valence-corrected chi connectivity index (χ2v) is 4.96. The first-order valence-corrected chi connectivity index (χ1v) is 6.46. The van der Waals surface area contributed by atoms with Crippen LogP contribution in [0, 0.1) is 0 Å². The van der Waals surface area contributed by atoms with E-state index < -0.39 is 0 Å². The fourth-order valence-corrected chi connectivity index (χ4v) is 2.44. The summed E-state index contributed by atoms with van der Waals surface area (Å²) >= 11 is 0. The molecule has 0 saturated carbocycles. The number of hydrogen-bond donors (Lipinski definition) is 2. The lowest BCUT2D eigenvalue weighted by atomic mass is 10.0. The molecule has 4 heteroatoms. The molecule has 2 rings (SSSR count). The van der Waals surface area contributed by atoms with Crippen LogP contribution in [0.15, 0.2) is 24.3 Å². The van der Waals surface area contributed by atoms with E-state index in [1.54, 1.807) is 12.1 Å². The zero-order valence-corrected chi connectivity index (χ0v) is 10.9. The summed E-state index contributed by atoms with van der Waals surface area (Å²) in [6.45, 7) is 3.13. The minimum Gasteiger partial charge on any atom is -0.366 e. The Morgan fingerprint density at radius 1 is 1.33 bits per heavy atom. The summed E-state index contributed by atoms with van der Waals surface area (Å²) in [4.78, 5) is 13.4. The van der Waals surface area contributed by atoms with Gasteiger partial charge in [0.05, 0.1) is 0 Å². The number of carbonyl (C=O) groups is 1. The summed E-state index contributed by atoms with van der Waals surface area (Å²) in [6.07, 6.45) is 2.41. The van der Waals surface area contributed by atoms with Crippen molar-refractivity contribution in [3.63, 3.8) is 0 Å². The summed E-state index contributed by atoms with van der Waals surface area (Å²) in [7, 11) is 2.16. The van der Waals surface area contributed by atoms with Crippen molar-refractivity contribution in [3.05, 3.63) is 35.4 Å². The summed E-state index contributed by atoms with van der Waals surface area (Å²) in [5, 5.41) is 3.38. The van der Waals surface area contributed by atoms with Gasteiger partial charge in [-0.2, -0.15) is 0 Å². The van der Waals surface area contributed by atoms with Crippen molar-refractivity contribution in [1.82, 2.24) is 10.2 Å². The van der Waals surface area contributed by atoms with Crippen molar-refractivity contribution in [1.29, 1.82) is 0 Å². The molecular weight excluding hydrogens is 226 g/mol. The number of piperidine rings is 1.